The van der Waals surface area contributed by atoms with Crippen LogP contribution in [-0.2, 0) is 17.8 Å². The second-order valence-electron chi connectivity index (χ2n) is 3.93. The first kappa shape index (κ1) is 8.00. The van der Waals surface area contributed by atoms with E-state index in [0.29, 0.717) is 12.2 Å². The minimum absolute atomic E-state index is 0.101. The molecule has 0 saturated carbocycles. The van der Waals surface area contributed by atoms with Gasteiger partial charge in [-0.1, -0.05) is 6.07 Å². The standard InChI is InChI=1S/C11H11NO2/c12-10-2-1-6-3-7-5-14-11(13)9(7)4-8(6)10/h3-4,10H,1-2,5,12H2/t10-/m1/s1. The summed E-state index contributed by atoms with van der Waals surface area (Å²) in [6.45, 7) is 0.427. The summed E-state index contributed by atoms with van der Waals surface area (Å²) in [7, 11) is 0. The van der Waals surface area contributed by atoms with Gasteiger partial charge in [0.15, 0.2) is 0 Å². The Morgan fingerprint density at radius 3 is 3.07 bits per heavy atom. The van der Waals surface area contributed by atoms with Crippen molar-refractivity contribution in [3.63, 3.8) is 0 Å². The fourth-order valence-electron chi connectivity index (χ4n) is 2.27. The van der Waals surface area contributed by atoms with Crippen molar-refractivity contribution in [2.45, 2.75) is 25.5 Å². The monoisotopic (exact) mass is 189 g/mol. The molecule has 3 rings (SSSR count). The van der Waals surface area contributed by atoms with E-state index in [9.17, 15) is 4.79 Å². The maximum Gasteiger partial charge on any atom is 0.338 e. The van der Waals surface area contributed by atoms with Crippen LogP contribution >= 0.6 is 0 Å². The smallest absolute Gasteiger partial charge is 0.338 e. The highest BCUT2D eigenvalue weighted by Gasteiger charge is 2.27. The third-order valence-corrected chi connectivity index (χ3v) is 3.07. The number of aryl methyl sites for hydroxylation is 1. The van der Waals surface area contributed by atoms with Crippen molar-refractivity contribution in [1.82, 2.24) is 0 Å². The van der Waals surface area contributed by atoms with E-state index in [1.807, 2.05) is 6.07 Å². The van der Waals surface area contributed by atoms with Crippen molar-refractivity contribution in [2.24, 2.45) is 5.73 Å². The number of carbonyl (C=O) groups excluding carboxylic acids is 1. The van der Waals surface area contributed by atoms with Gasteiger partial charge in [-0.2, -0.15) is 0 Å². The molecule has 72 valence electrons. The lowest BCUT2D eigenvalue weighted by atomic mass is 10.0. The molecule has 0 unspecified atom stereocenters. The molecule has 1 aliphatic heterocycles. The van der Waals surface area contributed by atoms with Gasteiger partial charge in [0.1, 0.15) is 6.61 Å². The zero-order valence-electron chi connectivity index (χ0n) is 7.75. The van der Waals surface area contributed by atoms with Gasteiger partial charge in [0.25, 0.3) is 0 Å². The first-order chi connectivity index (χ1) is 6.75. The molecule has 1 aromatic rings. The second-order valence-corrected chi connectivity index (χ2v) is 3.93. The molecule has 1 aliphatic carbocycles. The van der Waals surface area contributed by atoms with Crippen molar-refractivity contribution in [3.05, 3.63) is 34.4 Å². The van der Waals surface area contributed by atoms with Crippen LogP contribution in [0, 0.1) is 0 Å². The number of rotatable bonds is 0. The molecule has 2 aliphatic rings. The lowest BCUT2D eigenvalue weighted by molar-refractivity contribution is 0.0535. The fourth-order valence-corrected chi connectivity index (χ4v) is 2.27. The predicted molar refractivity (Wildman–Crippen MR) is 50.8 cm³/mol. The molecule has 0 aromatic heterocycles. The number of ether oxygens (including phenoxy) is 1. The van der Waals surface area contributed by atoms with E-state index in [1.165, 1.54) is 5.56 Å². The molecule has 0 radical (unpaired) electrons. The molecule has 0 fully saturated rings. The summed E-state index contributed by atoms with van der Waals surface area (Å²) in [5, 5.41) is 0. The van der Waals surface area contributed by atoms with Crippen LogP contribution in [0.4, 0.5) is 0 Å². The summed E-state index contributed by atoms with van der Waals surface area (Å²) >= 11 is 0. The predicted octanol–water partition coefficient (Wildman–Crippen LogP) is 1.30. The molecule has 0 amide bonds. The Morgan fingerprint density at radius 2 is 2.21 bits per heavy atom. The molecule has 0 saturated heterocycles. The van der Waals surface area contributed by atoms with Gasteiger partial charge in [-0.05, 0) is 30.0 Å². The van der Waals surface area contributed by atoms with E-state index in [-0.39, 0.29) is 12.0 Å². The van der Waals surface area contributed by atoms with Gasteiger partial charge < -0.3 is 10.5 Å². The number of cyclic esters (lactones) is 1. The Balaban J connectivity index is 2.20. The number of esters is 1. The molecule has 3 nitrogen and oxygen atoms in total. The van der Waals surface area contributed by atoms with Gasteiger partial charge in [-0.3, -0.25) is 0 Å². The van der Waals surface area contributed by atoms with Crippen LogP contribution in [0.15, 0.2) is 12.1 Å². The largest absolute Gasteiger partial charge is 0.457 e. The van der Waals surface area contributed by atoms with E-state index < -0.39 is 0 Å². The molecule has 1 atom stereocenters. The minimum Gasteiger partial charge on any atom is -0.457 e. The summed E-state index contributed by atoms with van der Waals surface area (Å²) in [4.78, 5) is 11.3. The summed E-state index contributed by atoms with van der Waals surface area (Å²) in [6.07, 6.45) is 2.02. The Bertz CT molecular complexity index is 426. The summed E-state index contributed by atoms with van der Waals surface area (Å²) in [6, 6.07) is 4.09. The van der Waals surface area contributed by atoms with E-state index in [0.717, 1.165) is 24.0 Å². The number of hydrogen-bond donors (Lipinski definition) is 1. The lowest BCUT2D eigenvalue weighted by Crippen LogP contribution is -2.06. The average Bonchev–Trinajstić information content (AvgIpc) is 2.71. The highest BCUT2D eigenvalue weighted by atomic mass is 16.5. The zero-order valence-corrected chi connectivity index (χ0v) is 7.75. The van der Waals surface area contributed by atoms with E-state index in [2.05, 4.69) is 6.07 Å². The number of benzene rings is 1. The van der Waals surface area contributed by atoms with Crippen molar-refractivity contribution >= 4 is 5.97 Å². The van der Waals surface area contributed by atoms with Crippen molar-refractivity contribution in [1.29, 1.82) is 0 Å². The number of carbonyl (C=O) groups is 1. The summed E-state index contributed by atoms with van der Waals surface area (Å²) in [5.41, 5.74) is 10.1. The molecule has 1 heterocycles. The van der Waals surface area contributed by atoms with Gasteiger partial charge in [-0.25, -0.2) is 4.79 Å². The Hall–Kier alpha value is -1.35. The molecule has 1 aromatic carbocycles. The Kier molecular flexibility index (Phi) is 1.47. The third-order valence-electron chi connectivity index (χ3n) is 3.07. The highest BCUT2D eigenvalue weighted by Crippen LogP contribution is 2.33. The van der Waals surface area contributed by atoms with E-state index in [4.69, 9.17) is 10.5 Å². The Morgan fingerprint density at radius 1 is 1.36 bits per heavy atom. The SMILES string of the molecule is N[C@@H]1CCc2cc3c(cc21)C(=O)OC3. The number of nitrogens with two attached hydrogens (primary N) is 1. The van der Waals surface area contributed by atoms with Gasteiger partial charge in [0.2, 0.25) is 0 Å². The first-order valence-electron chi connectivity index (χ1n) is 4.84. The quantitative estimate of drug-likeness (QED) is 0.626. The molecular weight excluding hydrogens is 178 g/mol. The van der Waals surface area contributed by atoms with Crippen molar-refractivity contribution < 1.29 is 9.53 Å². The van der Waals surface area contributed by atoms with Crippen LogP contribution < -0.4 is 5.73 Å². The van der Waals surface area contributed by atoms with Crippen LogP contribution in [0.5, 0.6) is 0 Å². The summed E-state index contributed by atoms with van der Waals surface area (Å²) < 4.78 is 4.96. The molecule has 2 N–H and O–H groups in total. The van der Waals surface area contributed by atoms with Crippen LogP contribution in [0.3, 0.4) is 0 Å². The van der Waals surface area contributed by atoms with Crippen LogP contribution in [0.2, 0.25) is 0 Å². The normalized spacial score (nSPS) is 23.2. The van der Waals surface area contributed by atoms with Gasteiger partial charge in [-0.15, -0.1) is 0 Å². The highest BCUT2D eigenvalue weighted by molar-refractivity contribution is 5.93. The van der Waals surface area contributed by atoms with Crippen molar-refractivity contribution in [3.8, 4) is 0 Å². The van der Waals surface area contributed by atoms with Crippen molar-refractivity contribution in [2.75, 3.05) is 0 Å². The maximum atomic E-state index is 11.3. The molecule has 0 spiro atoms. The average molecular weight is 189 g/mol. The van der Waals surface area contributed by atoms with Gasteiger partial charge in [0.05, 0.1) is 5.56 Å². The maximum absolute atomic E-state index is 11.3. The lowest BCUT2D eigenvalue weighted by Gasteiger charge is -2.05. The Labute approximate surface area is 81.9 Å². The molecular formula is C11H11NO2. The second kappa shape index (κ2) is 2.58. The van der Waals surface area contributed by atoms with Crippen LogP contribution in [-0.4, -0.2) is 5.97 Å². The van der Waals surface area contributed by atoms with Crippen LogP contribution in [0.1, 0.15) is 39.5 Å². The number of hydrogen-bond acceptors (Lipinski definition) is 3. The third kappa shape index (κ3) is 0.930. The molecule has 3 heteroatoms. The fraction of sp³-hybridized carbons (Fsp3) is 0.364. The first-order valence-corrected chi connectivity index (χ1v) is 4.84. The minimum atomic E-state index is -0.207. The van der Waals surface area contributed by atoms with Gasteiger partial charge in [0, 0.05) is 11.6 Å². The topological polar surface area (TPSA) is 52.3 Å². The molecule has 0 bridgehead atoms. The number of fused-ring (bicyclic) bond motifs is 2. The molecule has 14 heavy (non-hydrogen) atoms. The zero-order chi connectivity index (χ0) is 9.71. The summed E-state index contributed by atoms with van der Waals surface area (Å²) in [5.74, 6) is -0.207. The van der Waals surface area contributed by atoms with Crippen LogP contribution in [0.25, 0.3) is 0 Å². The van der Waals surface area contributed by atoms with E-state index in [1.54, 1.807) is 0 Å². The van der Waals surface area contributed by atoms with E-state index >= 15 is 0 Å². The van der Waals surface area contributed by atoms with Gasteiger partial charge >= 0.3 is 5.97 Å².